The van der Waals surface area contributed by atoms with Crippen LogP contribution < -0.4 is 5.32 Å². The van der Waals surface area contributed by atoms with Gasteiger partial charge in [0.15, 0.2) is 5.82 Å². The lowest BCUT2D eigenvalue weighted by Crippen LogP contribution is -2.28. The Balaban J connectivity index is 1.71. The SMILES string of the molecule is Cc1ccc(Cc2noc(C3CCCNC3)n2)cc1C. The number of piperidine rings is 1. The first-order valence-corrected chi connectivity index (χ1v) is 7.31. The number of rotatable bonds is 3. The molecule has 0 spiro atoms. The van der Waals surface area contributed by atoms with Crippen LogP contribution in [0.2, 0.25) is 0 Å². The molecule has 1 aliphatic rings. The molecule has 4 nitrogen and oxygen atoms in total. The molecule has 1 aromatic carbocycles. The number of aromatic nitrogens is 2. The van der Waals surface area contributed by atoms with Crippen LogP contribution in [0.5, 0.6) is 0 Å². The number of hydrogen-bond donors (Lipinski definition) is 1. The van der Waals surface area contributed by atoms with Crippen molar-refractivity contribution >= 4 is 0 Å². The second kappa shape index (κ2) is 5.75. The Morgan fingerprint density at radius 3 is 2.95 bits per heavy atom. The van der Waals surface area contributed by atoms with Crippen LogP contribution >= 0.6 is 0 Å². The molecular weight excluding hydrogens is 250 g/mol. The lowest BCUT2D eigenvalue weighted by Gasteiger charge is -2.18. The lowest BCUT2D eigenvalue weighted by molar-refractivity contribution is 0.320. The van der Waals surface area contributed by atoms with Crippen molar-refractivity contribution in [2.45, 2.75) is 39.0 Å². The third-order valence-electron chi connectivity index (χ3n) is 4.06. The first kappa shape index (κ1) is 13.3. The highest BCUT2D eigenvalue weighted by molar-refractivity contribution is 5.31. The van der Waals surface area contributed by atoms with Gasteiger partial charge in [0.05, 0.1) is 5.92 Å². The summed E-state index contributed by atoms with van der Waals surface area (Å²) in [7, 11) is 0. The van der Waals surface area contributed by atoms with Gasteiger partial charge in [0.1, 0.15) is 0 Å². The van der Waals surface area contributed by atoms with Gasteiger partial charge in [0.2, 0.25) is 5.89 Å². The summed E-state index contributed by atoms with van der Waals surface area (Å²) in [6, 6.07) is 6.49. The van der Waals surface area contributed by atoms with Crippen molar-refractivity contribution in [2.75, 3.05) is 13.1 Å². The van der Waals surface area contributed by atoms with Crippen LogP contribution in [-0.4, -0.2) is 23.2 Å². The summed E-state index contributed by atoms with van der Waals surface area (Å²) in [5.74, 6) is 1.95. The molecule has 1 aromatic heterocycles. The minimum atomic E-state index is 0.379. The van der Waals surface area contributed by atoms with Crippen molar-refractivity contribution in [1.82, 2.24) is 15.5 Å². The largest absolute Gasteiger partial charge is 0.339 e. The Hall–Kier alpha value is -1.68. The van der Waals surface area contributed by atoms with Crippen LogP contribution in [0.4, 0.5) is 0 Å². The zero-order valence-electron chi connectivity index (χ0n) is 12.1. The summed E-state index contributed by atoms with van der Waals surface area (Å²) in [5.41, 5.74) is 3.86. The summed E-state index contributed by atoms with van der Waals surface area (Å²) in [6.07, 6.45) is 3.06. The topological polar surface area (TPSA) is 51.0 Å². The normalized spacial score (nSPS) is 19.2. The fourth-order valence-electron chi connectivity index (χ4n) is 2.66. The smallest absolute Gasteiger partial charge is 0.231 e. The maximum Gasteiger partial charge on any atom is 0.231 e. The van der Waals surface area contributed by atoms with Gasteiger partial charge in [0, 0.05) is 13.0 Å². The van der Waals surface area contributed by atoms with E-state index in [-0.39, 0.29) is 0 Å². The van der Waals surface area contributed by atoms with Gasteiger partial charge >= 0.3 is 0 Å². The Kier molecular flexibility index (Phi) is 3.83. The van der Waals surface area contributed by atoms with Crippen LogP contribution in [-0.2, 0) is 6.42 Å². The molecule has 0 bridgehead atoms. The van der Waals surface area contributed by atoms with E-state index in [1.165, 1.54) is 23.1 Å². The second-order valence-corrected chi connectivity index (χ2v) is 5.69. The minimum Gasteiger partial charge on any atom is -0.339 e. The van der Waals surface area contributed by atoms with E-state index < -0.39 is 0 Å². The molecule has 0 aliphatic carbocycles. The maximum absolute atomic E-state index is 5.43. The third-order valence-corrected chi connectivity index (χ3v) is 4.06. The quantitative estimate of drug-likeness (QED) is 0.932. The van der Waals surface area contributed by atoms with Crippen molar-refractivity contribution in [3.05, 3.63) is 46.6 Å². The summed E-state index contributed by atoms with van der Waals surface area (Å²) in [4.78, 5) is 4.56. The Bertz CT molecular complexity index is 585. The van der Waals surface area contributed by atoms with Crippen molar-refractivity contribution in [2.24, 2.45) is 0 Å². The van der Waals surface area contributed by atoms with Gasteiger partial charge in [-0.25, -0.2) is 0 Å². The molecule has 106 valence electrons. The van der Waals surface area contributed by atoms with E-state index in [1.54, 1.807) is 0 Å². The van der Waals surface area contributed by atoms with E-state index in [2.05, 4.69) is 47.5 Å². The molecular formula is C16H21N3O. The fourth-order valence-corrected chi connectivity index (χ4v) is 2.66. The van der Waals surface area contributed by atoms with Crippen molar-refractivity contribution in [3.63, 3.8) is 0 Å². The van der Waals surface area contributed by atoms with Crippen LogP contribution in [0.1, 0.15) is 47.2 Å². The predicted octanol–water partition coefficient (Wildman–Crippen LogP) is 2.74. The molecule has 1 unspecified atom stereocenters. The number of aryl methyl sites for hydroxylation is 2. The van der Waals surface area contributed by atoms with Crippen LogP contribution in [0.3, 0.4) is 0 Å². The molecule has 1 fully saturated rings. The van der Waals surface area contributed by atoms with E-state index in [0.717, 1.165) is 37.6 Å². The van der Waals surface area contributed by atoms with Gasteiger partial charge in [-0.2, -0.15) is 4.98 Å². The summed E-state index contributed by atoms with van der Waals surface area (Å²) in [5, 5.41) is 7.50. The van der Waals surface area contributed by atoms with Gasteiger partial charge in [-0.15, -0.1) is 0 Å². The molecule has 3 rings (SSSR count). The Labute approximate surface area is 119 Å². The van der Waals surface area contributed by atoms with E-state index >= 15 is 0 Å². The maximum atomic E-state index is 5.43. The zero-order valence-corrected chi connectivity index (χ0v) is 12.1. The van der Waals surface area contributed by atoms with Crippen LogP contribution in [0, 0.1) is 13.8 Å². The standard InChI is InChI=1S/C16H21N3O/c1-11-5-6-13(8-12(11)2)9-15-18-16(20-19-15)14-4-3-7-17-10-14/h5-6,8,14,17H,3-4,7,9-10H2,1-2H3. The molecule has 4 heteroatoms. The highest BCUT2D eigenvalue weighted by Gasteiger charge is 2.21. The molecule has 2 heterocycles. The fraction of sp³-hybridized carbons (Fsp3) is 0.500. The number of hydrogen-bond acceptors (Lipinski definition) is 4. The second-order valence-electron chi connectivity index (χ2n) is 5.69. The average Bonchev–Trinajstić information content (AvgIpc) is 2.92. The summed E-state index contributed by atoms with van der Waals surface area (Å²) < 4.78 is 5.43. The third kappa shape index (κ3) is 2.90. The van der Waals surface area contributed by atoms with Crippen molar-refractivity contribution < 1.29 is 4.52 Å². The van der Waals surface area contributed by atoms with Crippen LogP contribution in [0.15, 0.2) is 22.7 Å². The summed E-state index contributed by atoms with van der Waals surface area (Å²) in [6.45, 7) is 6.31. The van der Waals surface area contributed by atoms with Gasteiger partial charge in [0.25, 0.3) is 0 Å². The molecule has 0 amide bonds. The Morgan fingerprint density at radius 2 is 2.20 bits per heavy atom. The van der Waals surface area contributed by atoms with Crippen molar-refractivity contribution in [3.8, 4) is 0 Å². The highest BCUT2D eigenvalue weighted by atomic mass is 16.5. The number of nitrogens with zero attached hydrogens (tertiary/aromatic N) is 2. The summed E-state index contributed by atoms with van der Waals surface area (Å²) >= 11 is 0. The molecule has 20 heavy (non-hydrogen) atoms. The van der Waals surface area contributed by atoms with Gasteiger partial charge < -0.3 is 9.84 Å². The van der Waals surface area contributed by atoms with Crippen LogP contribution in [0.25, 0.3) is 0 Å². The molecule has 1 saturated heterocycles. The minimum absolute atomic E-state index is 0.379. The lowest BCUT2D eigenvalue weighted by atomic mass is 10.00. The monoisotopic (exact) mass is 271 g/mol. The first-order chi connectivity index (χ1) is 9.72. The Morgan fingerprint density at radius 1 is 1.30 bits per heavy atom. The van der Waals surface area contributed by atoms with Gasteiger partial charge in [-0.3, -0.25) is 0 Å². The molecule has 1 N–H and O–H groups in total. The molecule has 0 saturated carbocycles. The molecule has 2 aromatic rings. The highest BCUT2D eigenvalue weighted by Crippen LogP contribution is 2.22. The molecule has 1 atom stereocenters. The average molecular weight is 271 g/mol. The predicted molar refractivity (Wildman–Crippen MR) is 77.9 cm³/mol. The number of benzene rings is 1. The first-order valence-electron chi connectivity index (χ1n) is 7.31. The van der Waals surface area contributed by atoms with E-state index in [0.29, 0.717) is 5.92 Å². The molecule has 0 radical (unpaired) electrons. The molecule has 1 aliphatic heterocycles. The van der Waals surface area contributed by atoms with Crippen molar-refractivity contribution in [1.29, 1.82) is 0 Å². The van der Waals surface area contributed by atoms with E-state index in [9.17, 15) is 0 Å². The van der Waals surface area contributed by atoms with E-state index in [1.807, 2.05) is 0 Å². The van der Waals surface area contributed by atoms with Gasteiger partial charge in [-0.1, -0.05) is 23.4 Å². The zero-order chi connectivity index (χ0) is 13.9. The van der Waals surface area contributed by atoms with Gasteiger partial charge in [-0.05, 0) is 49.9 Å². The number of nitrogens with one attached hydrogen (secondary N) is 1. The van der Waals surface area contributed by atoms with E-state index in [4.69, 9.17) is 4.52 Å².